The third-order valence-corrected chi connectivity index (χ3v) is 6.12. The normalized spacial score (nSPS) is 33.1. The second kappa shape index (κ2) is 3.66. The van der Waals surface area contributed by atoms with Crippen LogP contribution < -0.4 is 4.90 Å². The van der Waals surface area contributed by atoms with Gasteiger partial charge in [0.05, 0.1) is 5.41 Å². The summed E-state index contributed by atoms with van der Waals surface area (Å²) < 4.78 is 0. The second-order valence-corrected chi connectivity index (χ2v) is 7.59. The lowest BCUT2D eigenvalue weighted by atomic mass is 9.62. The minimum Gasteiger partial charge on any atom is -0.274 e. The van der Waals surface area contributed by atoms with E-state index in [1.807, 2.05) is 27.7 Å². The quantitative estimate of drug-likeness (QED) is 0.742. The number of aryl methyl sites for hydroxylation is 1. The van der Waals surface area contributed by atoms with E-state index in [4.69, 9.17) is 0 Å². The van der Waals surface area contributed by atoms with Crippen LogP contribution in [0.15, 0.2) is 6.20 Å². The summed E-state index contributed by atoms with van der Waals surface area (Å²) in [4.78, 5) is 32.0. The van der Waals surface area contributed by atoms with Gasteiger partial charge in [-0.3, -0.25) is 9.59 Å². The molecule has 1 aromatic rings. The van der Waals surface area contributed by atoms with Gasteiger partial charge in [-0.05, 0) is 25.2 Å². The van der Waals surface area contributed by atoms with Crippen LogP contribution in [0.3, 0.4) is 0 Å². The number of thiazole rings is 1. The van der Waals surface area contributed by atoms with E-state index in [0.29, 0.717) is 5.13 Å². The van der Waals surface area contributed by atoms with Crippen LogP contribution in [0.4, 0.5) is 5.13 Å². The SMILES string of the molecule is Cc1cnc(N2C(=O)[C@@H]3CC[C@](C)(C2=O)C3(C)C)s1. The van der Waals surface area contributed by atoms with E-state index in [9.17, 15) is 9.59 Å². The van der Waals surface area contributed by atoms with Crippen molar-refractivity contribution < 1.29 is 9.59 Å². The molecule has 2 aliphatic rings. The van der Waals surface area contributed by atoms with Gasteiger partial charge in [-0.2, -0.15) is 0 Å². The van der Waals surface area contributed by atoms with Crippen LogP contribution in [0.1, 0.15) is 38.5 Å². The van der Waals surface area contributed by atoms with E-state index < -0.39 is 5.41 Å². The first-order valence-electron chi connectivity index (χ1n) is 6.60. The highest BCUT2D eigenvalue weighted by atomic mass is 32.1. The summed E-state index contributed by atoms with van der Waals surface area (Å²) >= 11 is 1.41. The summed E-state index contributed by atoms with van der Waals surface area (Å²) in [5.74, 6) is -0.218. The molecule has 1 saturated carbocycles. The van der Waals surface area contributed by atoms with Crippen LogP contribution in [0.2, 0.25) is 0 Å². The lowest BCUT2D eigenvalue weighted by molar-refractivity contribution is -0.146. The number of imide groups is 1. The molecule has 0 unspecified atom stereocenters. The lowest BCUT2D eigenvalue weighted by Crippen LogP contribution is -2.59. The number of piperidine rings is 1. The van der Waals surface area contributed by atoms with E-state index in [2.05, 4.69) is 4.98 Å². The van der Waals surface area contributed by atoms with Crippen molar-refractivity contribution >= 4 is 28.3 Å². The van der Waals surface area contributed by atoms with Crippen molar-refractivity contribution in [3.8, 4) is 0 Å². The largest absolute Gasteiger partial charge is 0.274 e. The van der Waals surface area contributed by atoms with Gasteiger partial charge in [0.15, 0.2) is 5.13 Å². The zero-order valence-corrected chi connectivity index (χ0v) is 12.5. The zero-order valence-electron chi connectivity index (χ0n) is 11.7. The molecule has 1 saturated heterocycles. The topological polar surface area (TPSA) is 50.3 Å². The molecule has 2 atom stereocenters. The molecule has 2 bridgehead atoms. The number of carbonyl (C=O) groups excluding carboxylic acids is 2. The fraction of sp³-hybridized carbons (Fsp3) is 0.643. The maximum Gasteiger partial charge on any atom is 0.242 e. The predicted octanol–water partition coefficient (Wildman–Crippen LogP) is 2.77. The van der Waals surface area contributed by atoms with Crippen molar-refractivity contribution in [3.05, 3.63) is 11.1 Å². The molecule has 0 N–H and O–H groups in total. The van der Waals surface area contributed by atoms with Gasteiger partial charge in [-0.15, -0.1) is 11.3 Å². The average molecular weight is 278 g/mol. The lowest BCUT2D eigenvalue weighted by Gasteiger charge is -2.46. The number of amides is 2. The summed E-state index contributed by atoms with van der Waals surface area (Å²) in [6, 6.07) is 0. The molecule has 1 aromatic heterocycles. The standard InChI is InChI=1S/C14H18N2O2S/c1-8-7-15-12(19-8)16-10(17)9-5-6-14(4,11(16)18)13(9,2)3/h7,9H,5-6H2,1-4H3/t9-,14+/m0/s1. The molecule has 2 amide bonds. The molecule has 0 aromatic carbocycles. The maximum absolute atomic E-state index is 12.8. The molecule has 0 radical (unpaired) electrons. The minimum atomic E-state index is -0.453. The first-order chi connectivity index (χ1) is 8.79. The van der Waals surface area contributed by atoms with Gasteiger partial charge < -0.3 is 0 Å². The molecule has 0 spiro atoms. The van der Waals surface area contributed by atoms with Crippen molar-refractivity contribution in [1.82, 2.24) is 4.98 Å². The van der Waals surface area contributed by atoms with Gasteiger partial charge in [-0.25, -0.2) is 9.88 Å². The maximum atomic E-state index is 12.8. The molecular formula is C14H18N2O2S. The van der Waals surface area contributed by atoms with Gasteiger partial charge in [-0.1, -0.05) is 20.8 Å². The predicted molar refractivity (Wildman–Crippen MR) is 74.0 cm³/mol. The van der Waals surface area contributed by atoms with Crippen LogP contribution in [0.5, 0.6) is 0 Å². The smallest absolute Gasteiger partial charge is 0.242 e. The van der Waals surface area contributed by atoms with Gasteiger partial charge in [0, 0.05) is 17.0 Å². The molecular weight excluding hydrogens is 260 g/mol. The van der Waals surface area contributed by atoms with Crippen molar-refractivity contribution in [2.24, 2.45) is 16.7 Å². The summed E-state index contributed by atoms with van der Waals surface area (Å²) in [6.07, 6.45) is 3.30. The number of hydrogen-bond donors (Lipinski definition) is 0. The fourth-order valence-corrected chi connectivity index (χ4v) is 4.21. The number of anilines is 1. The Morgan fingerprint density at radius 3 is 2.63 bits per heavy atom. The average Bonchev–Trinajstić information content (AvgIpc) is 2.80. The zero-order chi connectivity index (χ0) is 14.0. The molecule has 102 valence electrons. The van der Waals surface area contributed by atoms with Crippen LogP contribution in [0, 0.1) is 23.7 Å². The van der Waals surface area contributed by atoms with Gasteiger partial charge >= 0.3 is 0 Å². The molecule has 5 heteroatoms. The molecule has 2 fully saturated rings. The Labute approximate surface area is 116 Å². The Balaban J connectivity index is 2.11. The molecule has 1 aliphatic heterocycles. The Kier molecular flexibility index (Phi) is 2.46. The molecule has 4 nitrogen and oxygen atoms in total. The first-order valence-corrected chi connectivity index (χ1v) is 7.41. The summed E-state index contributed by atoms with van der Waals surface area (Å²) in [5, 5.41) is 0.529. The van der Waals surface area contributed by atoms with E-state index >= 15 is 0 Å². The molecule has 1 aliphatic carbocycles. The monoisotopic (exact) mass is 278 g/mol. The molecule has 2 heterocycles. The van der Waals surface area contributed by atoms with Crippen molar-refractivity contribution in [3.63, 3.8) is 0 Å². The first kappa shape index (κ1) is 12.8. The van der Waals surface area contributed by atoms with E-state index in [-0.39, 0.29) is 23.1 Å². The van der Waals surface area contributed by atoms with Crippen molar-refractivity contribution in [2.75, 3.05) is 4.90 Å². The van der Waals surface area contributed by atoms with E-state index in [0.717, 1.165) is 17.7 Å². The summed E-state index contributed by atoms with van der Waals surface area (Å²) in [7, 11) is 0. The number of aromatic nitrogens is 1. The van der Waals surface area contributed by atoms with Gasteiger partial charge in [0.25, 0.3) is 0 Å². The third kappa shape index (κ3) is 1.42. The Bertz CT molecular complexity index is 578. The number of fused-ring (bicyclic) bond motifs is 2. The van der Waals surface area contributed by atoms with Crippen LogP contribution in [0.25, 0.3) is 0 Å². The van der Waals surface area contributed by atoms with Gasteiger partial charge in [0.1, 0.15) is 0 Å². The number of rotatable bonds is 1. The van der Waals surface area contributed by atoms with Crippen LogP contribution in [-0.4, -0.2) is 16.8 Å². The summed E-state index contributed by atoms with van der Waals surface area (Å²) in [6.45, 7) is 8.02. The Hall–Kier alpha value is -1.23. The summed E-state index contributed by atoms with van der Waals surface area (Å²) in [5.41, 5.74) is -0.713. The molecule has 3 rings (SSSR count). The third-order valence-electron chi connectivity index (χ3n) is 5.22. The number of carbonyl (C=O) groups is 2. The Morgan fingerprint density at radius 1 is 1.37 bits per heavy atom. The highest BCUT2D eigenvalue weighted by Crippen LogP contribution is 2.60. The molecule has 19 heavy (non-hydrogen) atoms. The van der Waals surface area contributed by atoms with E-state index in [1.54, 1.807) is 6.20 Å². The highest BCUT2D eigenvalue weighted by Gasteiger charge is 2.65. The van der Waals surface area contributed by atoms with Gasteiger partial charge in [0.2, 0.25) is 11.8 Å². The number of hydrogen-bond acceptors (Lipinski definition) is 4. The second-order valence-electron chi connectivity index (χ2n) is 6.38. The van der Waals surface area contributed by atoms with Crippen LogP contribution >= 0.6 is 11.3 Å². The van der Waals surface area contributed by atoms with Crippen molar-refractivity contribution in [2.45, 2.75) is 40.5 Å². The van der Waals surface area contributed by atoms with E-state index in [1.165, 1.54) is 16.2 Å². The van der Waals surface area contributed by atoms with Crippen LogP contribution in [-0.2, 0) is 9.59 Å². The highest BCUT2D eigenvalue weighted by molar-refractivity contribution is 7.15. The number of nitrogens with zero attached hydrogens (tertiary/aromatic N) is 2. The fourth-order valence-electron chi connectivity index (χ4n) is 3.45. The minimum absolute atomic E-state index is 0.0700. The van der Waals surface area contributed by atoms with Crippen molar-refractivity contribution in [1.29, 1.82) is 0 Å². The Morgan fingerprint density at radius 2 is 2.05 bits per heavy atom.